The van der Waals surface area contributed by atoms with Gasteiger partial charge in [0, 0.05) is 47.1 Å². The van der Waals surface area contributed by atoms with Crippen LogP contribution in [0.2, 0.25) is 0 Å². The fraction of sp³-hybridized carbons (Fsp3) is 0.451. The van der Waals surface area contributed by atoms with Crippen LogP contribution < -0.4 is 67.4 Å². The van der Waals surface area contributed by atoms with E-state index >= 15 is 0 Å². The van der Waals surface area contributed by atoms with Gasteiger partial charge in [-0.15, -0.1) is 0 Å². The van der Waals surface area contributed by atoms with Gasteiger partial charge < -0.3 is 100 Å². The number of esters is 1. The number of benzene rings is 5. The average Bonchev–Trinajstić information content (AvgIpc) is 0.739. The van der Waals surface area contributed by atoms with Crippen LogP contribution in [0.3, 0.4) is 0 Å². The molecule has 2 saturated heterocycles. The molecule has 6 aromatic rings. The molecule has 10 rings (SSSR count). The number of carbonyl (C=O) groups excluding carboxylic acids is 6. The molecule has 39 nitrogen and oxygen atoms in total. The van der Waals surface area contributed by atoms with Gasteiger partial charge in [0.1, 0.15) is 71.4 Å². The number of amides is 5. The molecular weight excluding hydrogens is 1580 g/mol. The second kappa shape index (κ2) is 39.5. The fourth-order valence-corrected chi connectivity index (χ4v) is 15.6. The van der Waals surface area contributed by atoms with Crippen molar-refractivity contribution in [2.75, 3.05) is 56.8 Å². The Hall–Kier alpha value is -8.42. The number of aliphatic hydroxyl groups excluding tert-OH is 5. The summed E-state index contributed by atoms with van der Waals surface area (Å²) in [6.07, 6.45) is -19.9. The largest absolute Gasteiger partial charge is 1.00 e. The van der Waals surface area contributed by atoms with Gasteiger partial charge in [0.15, 0.2) is 24.8 Å². The number of aromatic amines is 2. The van der Waals surface area contributed by atoms with Crippen LogP contribution in [0.15, 0.2) is 133 Å². The van der Waals surface area contributed by atoms with E-state index in [0.29, 0.717) is 41.8 Å². The van der Waals surface area contributed by atoms with Crippen molar-refractivity contribution in [2.45, 2.75) is 159 Å². The third-order valence-electron chi connectivity index (χ3n) is 19.2. The molecule has 4 aliphatic rings. The molecule has 1 aromatic heterocycles. The summed E-state index contributed by atoms with van der Waals surface area (Å²) in [5, 5.41) is 77.5. The van der Waals surface area contributed by atoms with E-state index in [1.807, 2.05) is 4.98 Å². The summed E-state index contributed by atoms with van der Waals surface area (Å²) in [6.45, 7) is -1.34. The number of carboxylic acids is 1. The summed E-state index contributed by atoms with van der Waals surface area (Å²) in [5.41, 5.74) is -1.65. The number of fused-ring (bicyclic) bond motifs is 1. The predicted molar refractivity (Wildman–Crippen MR) is 388 cm³/mol. The van der Waals surface area contributed by atoms with Crippen molar-refractivity contribution in [2.24, 2.45) is 11.8 Å². The SMILES string of the molecule is C[C@@H]1O[C@@H](O[C@@H]2[C@@H](NC(=O)c3cc(=O)[nH]c(=O)[nH]3)CC(C(=O)NCCNC(=O)COCCOCC(=O)Nc3ccc(-c4ccc(C(=O)Nc5ccc(S(=O)(=O)O)c6cc(S(=O)(=O)O)cc(S(=O)(=O)O)c56)cc4)cc3)C[C@H]2O[C@@H]2O[C@H](CO)[C@H](O)[C@H](O[C@@H](CC3CCCCC3)C(=O)O)[C@H]2OC(=O)c2ccccc2)[C@@H](O)[C@H](O)[C@@H]1O.[Na+]. The van der Waals surface area contributed by atoms with E-state index in [2.05, 4.69) is 31.6 Å². The molecule has 2 aliphatic carbocycles. The van der Waals surface area contributed by atoms with Crippen molar-refractivity contribution >= 4 is 94.0 Å². The van der Waals surface area contributed by atoms with Crippen molar-refractivity contribution in [1.82, 2.24) is 25.9 Å². The number of hydrogen-bond donors (Lipinski definition) is 16. The minimum Gasteiger partial charge on any atom is -0.479 e. The molecule has 5 amide bonds. The molecule has 3 heterocycles. The van der Waals surface area contributed by atoms with Crippen molar-refractivity contribution in [1.29, 1.82) is 0 Å². The number of ether oxygens (including phenoxy) is 8. The Morgan fingerprint density at radius 1 is 0.623 bits per heavy atom. The van der Waals surface area contributed by atoms with E-state index in [-0.39, 0.29) is 79.3 Å². The van der Waals surface area contributed by atoms with Crippen LogP contribution in [0, 0.1) is 11.8 Å². The monoisotopic (exact) mass is 1660 g/mol. The van der Waals surface area contributed by atoms with Gasteiger partial charge >= 0.3 is 47.2 Å². The van der Waals surface area contributed by atoms with Gasteiger partial charge in [0.2, 0.25) is 17.7 Å². The Kier molecular flexibility index (Phi) is 31.0. The quantitative estimate of drug-likeness (QED) is 0.00866. The number of aliphatic carboxylic acids is 1. The Morgan fingerprint density at radius 3 is 1.89 bits per heavy atom. The predicted octanol–water partition coefficient (Wildman–Crippen LogP) is -3.00. The number of anilines is 2. The first-order valence-corrected chi connectivity index (χ1v) is 39.7. The third-order valence-corrected chi connectivity index (χ3v) is 21.8. The number of H-pyrrole nitrogens is 2. The number of nitrogens with one attached hydrogen (secondary N) is 7. The number of carboxylic acid groups (broad SMARTS) is 1. The van der Waals surface area contributed by atoms with Gasteiger partial charge in [0.05, 0.1) is 54.2 Å². The zero-order chi connectivity index (χ0) is 81.8. The molecule has 15 atom stereocenters. The third kappa shape index (κ3) is 23.2. The topological polar surface area (TPSA) is 604 Å². The average molecular weight is 1670 g/mol. The molecule has 114 heavy (non-hydrogen) atoms. The van der Waals surface area contributed by atoms with E-state index in [0.717, 1.165) is 37.5 Å². The van der Waals surface area contributed by atoms with Gasteiger partial charge in [-0.25, -0.2) is 14.4 Å². The molecule has 0 spiro atoms. The smallest absolute Gasteiger partial charge is 0.479 e. The van der Waals surface area contributed by atoms with Crippen LogP contribution in [0.1, 0.15) is 89.5 Å². The Morgan fingerprint density at radius 2 is 1.26 bits per heavy atom. The Labute approximate surface area is 671 Å². The zero-order valence-corrected chi connectivity index (χ0v) is 65.3. The normalized spacial score (nSPS) is 24.4. The number of carbonyl (C=O) groups is 7. The van der Waals surface area contributed by atoms with E-state index < -0.39 is 244 Å². The first kappa shape index (κ1) is 89.5. The van der Waals surface area contributed by atoms with Crippen molar-refractivity contribution in [3.63, 3.8) is 0 Å². The zero-order valence-electron chi connectivity index (χ0n) is 60.9. The maximum atomic E-state index is 14.5. The maximum absolute atomic E-state index is 14.5. The van der Waals surface area contributed by atoms with Gasteiger partial charge in [-0.2, -0.15) is 25.3 Å². The second-order valence-electron chi connectivity index (χ2n) is 27.1. The Bertz CT molecular complexity index is 4900. The maximum Gasteiger partial charge on any atom is 1.00 e. The molecule has 43 heteroatoms. The number of hydrogen-bond acceptors (Lipinski definition) is 28. The molecule has 612 valence electrons. The van der Waals surface area contributed by atoms with Crippen LogP contribution >= 0.6 is 0 Å². The summed E-state index contributed by atoms with van der Waals surface area (Å²) in [5.74, 6) is -7.86. The summed E-state index contributed by atoms with van der Waals surface area (Å²) in [7, 11) is -15.8. The molecule has 16 N–H and O–H groups in total. The van der Waals surface area contributed by atoms with Gasteiger partial charge in [-0.3, -0.25) is 47.4 Å². The van der Waals surface area contributed by atoms with E-state index in [1.54, 1.807) is 30.3 Å². The molecule has 1 unspecified atom stereocenters. The van der Waals surface area contributed by atoms with Crippen molar-refractivity contribution in [3.8, 4) is 11.1 Å². The van der Waals surface area contributed by atoms with Crippen LogP contribution in [0.4, 0.5) is 11.4 Å². The number of aliphatic hydroxyl groups is 5. The van der Waals surface area contributed by atoms with Gasteiger partial charge in [0.25, 0.3) is 47.7 Å². The second-order valence-corrected chi connectivity index (χ2v) is 31.3. The van der Waals surface area contributed by atoms with Crippen molar-refractivity contribution in [3.05, 3.63) is 147 Å². The van der Waals surface area contributed by atoms with E-state index in [9.17, 15) is 113 Å². The summed E-state index contributed by atoms with van der Waals surface area (Å²) < 4.78 is 151. The minimum atomic E-state index is -5.39. The van der Waals surface area contributed by atoms with Crippen LogP contribution in [-0.4, -0.2) is 253 Å². The minimum absolute atomic E-state index is 0. The molecule has 2 saturated carbocycles. The molecule has 5 aromatic carbocycles. The molecular formula is C71H83N7NaO32S3+. The molecule has 2 aliphatic heterocycles. The van der Waals surface area contributed by atoms with Crippen LogP contribution in [0.25, 0.3) is 21.9 Å². The summed E-state index contributed by atoms with van der Waals surface area (Å²) >= 11 is 0. The summed E-state index contributed by atoms with van der Waals surface area (Å²) in [6, 6.07) is 21.3. The first-order chi connectivity index (χ1) is 53.5. The van der Waals surface area contributed by atoms with Gasteiger partial charge in [-0.1, -0.05) is 74.6 Å². The van der Waals surface area contributed by atoms with Crippen LogP contribution in [0.5, 0.6) is 0 Å². The molecule has 0 bridgehead atoms. The van der Waals surface area contributed by atoms with E-state index in [1.165, 1.54) is 55.5 Å². The van der Waals surface area contributed by atoms with Crippen LogP contribution in [-0.2, 0) is 87.4 Å². The first-order valence-electron chi connectivity index (χ1n) is 35.3. The van der Waals surface area contributed by atoms with E-state index in [4.69, 9.17) is 37.9 Å². The van der Waals surface area contributed by atoms with Gasteiger partial charge in [-0.05, 0) is 104 Å². The Balaban J connectivity index is 0.0000149. The fourth-order valence-electron chi connectivity index (χ4n) is 13.6. The number of aromatic nitrogens is 2. The molecule has 0 radical (unpaired) electrons. The number of rotatable bonds is 32. The van der Waals surface area contributed by atoms with Crippen molar-refractivity contribution < 1.29 is 171 Å². The summed E-state index contributed by atoms with van der Waals surface area (Å²) in [4.78, 5) is 121. The molecule has 4 fully saturated rings. The standard InChI is InChI=1S/C71H83N7O32S3.Na/c1-35-57(83)59(85)60(86)69(105-35)110-61-46(76-66(89)47-31-53(80)78-71(93)77-47)27-41(28-48(61)107-70-63(109-68(92)40-10-6-3-7-11-40)62(58(84)50(32-79)108-70)106-49(67(90)91)26-36-8-4-2-5-9-36)64(87)73-23-22-72-54(81)33-103-24-25-104-34-55(82)74-42-18-16-38(17-19-42)37-12-14-39(15-13-37)65(88)75-45-20-21-51(112(97,98)99)44-29-43(111(94,95)96)30-52(56(44)45)113(100,101)102;/h3,6-7,10-21,29-31,35-36,41,46,48-50,57-63,69-70,79,83-86H,2,4-5,8-9,22-28,32-34H2,1H3,(H,72,81)(H,73,87)(H,74,82)(H,75,88)(H,76,89)(H,90,91)(H,94,95,96)(H,97,98,99)(H,100,101,102)(H2,77,78,80,93);/q;+1/t35-,41?,46-,48+,49-,50+,57+,58-,59+,60-,61+,62-,63+,69-,70+;/m0./s1.